The first kappa shape index (κ1) is 22.3. The summed E-state index contributed by atoms with van der Waals surface area (Å²) in [4.78, 5) is 0. The molecule has 0 fully saturated rings. The van der Waals surface area contributed by atoms with Crippen molar-refractivity contribution in [3.05, 3.63) is 59.7 Å². The molecule has 0 unspecified atom stereocenters. The van der Waals surface area contributed by atoms with E-state index in [0.717, 1.165) is 62.9 Å². The fourth-order valence-corrected chi connectivity index (χ4v) is 3.04. The highest BCUT2D eigenvalue weighted by atomic mass is 16.7. The molecule has 4 heteroatoms. The minimum atomic E-state index is -0.321. The summed E-state index contributed by atoms with van der Waals surface area (Å²) in [6.07, 6.45) is 7.18. The maximum atomic E-state index is 8.95. The number of hydrogen-bond donors (Lipinski definition) is 2. The molecular formula is C24H34O4. The number of benzene rings is 2. The van der Waals surface area contributed by atoms with Crippen LogP contribution in [0.5, 0.6) is 11.5 Å². The maximum absolute atomic E-state index is 8.95. The Balaban J connectivity index is 1.96. The summed E-state index contributed by atoms with van der Waals surface area (Å²) < 4.78 is 12.2. The summed E-state index contributed by atoms with van der Waals surface area (Å²) in [7, 11) is 0. The van der Waals surface area contributed by atoms with E-state index in [-0.39, 0.29) is 19.5 Å². The van der Waals surface area contributed by atoms with Crippen molar-refractivity contribution in [1.82, 2.24) is 0 Å². The zero-order valence-corrected chi connectivity index (χ0v) is 17.0. The van der Waals surface area contributed by atoms with Crippen molar-refractivity contribution in [1.29, 1.82) is 0 Å². The monoisotopic (exact) mass is 386 g/mol. The van der Waals surface area contributed by atoms with Gasteiger partial charge in [-0.05, 0) is 67.5 Å². The quantitative estimate of drug-likeness (QED) is 0.358. The van der Waals surface area contributed by atoms with E-state index in [0.29, 0.717) is 0 Å². The zero-order valence-electron chi connectivity index (χ0n) is 17.0. The first-order chi connectivity index (χ1) is 13.7. The second kappa shape index (κ2) is 13.2. The van der Waals surface area contributed by atoms with Crippen molar-refractivity contribution in [3.8, 4) is 11.5 Å². The van der Waals surface area contributed by atoms with Crippen molar-refractivity contribution in [2.45, 2.75) is 64.6 Å². The second-order valence-corrected chi connectivity index (χ2v) is 7.10. The van der Waals surface area contributed by atoms with E-state index < -0.39 is 0 Å². The van der Waals surface area contributed by atoms with Crippen LogP contribution in [0.15, 0.2) is 48.5 Å². The number of rotatable bonds is 14. The summed E-state index contributed by atoms with van der Waals surface area (Å²) in [5.74, 6) is 1.60. The van der Waals surface area contributed by atoms with Gasteiger partial charge in [-0.15, -0.1) is 0 Å². The molecule has 0 bridgehead atoms. The Bertz CT molecular complexity index is 583. The molecule has 0 aromatic heterocycles. The highest BCUT2D eigenvalue weighted by Crippen LogP contribution is 2.21. The normalized spacial score (nSPS) is 11.0. The molecule has 154 valence electrons. The molecule has 0 saturated carbocycles. The van der Waals surface area contributed by atoms with Crippen LogP contribution in [-0.4, -0.2) is 29.7 Å². The van der Waals surface area contributed by atoms with E-state index >= 15 is 0 Å². The topological polar surface area (TPSA) is 58.9 Å². The summed E-state index contributed by atoms with van der Waals surface area (Å²) in [6.45, 7) is 2.61. The van der Waals surface area contributed by atoms with E-state index in [1.165, 1.54) is 11.1 Å². The van der Waals surface area contributed by atoms with Crippen molar-refractivity contribution >= 4 is 0 Å². The first-order valence-electron chi connectivity index (χ1n) is 10.5. The lowest BCUT2D eigenvalue weighted by Gasteiger charge is -2.21. The molecule has 2 aromatic carbocycles. The van der Waals surface area contributed by atoms with Crippen molar-refractivity contribution in [2.24, 2.45) is 0 Å². The van der Waals surface area contributed by atoms with Gasteiger partial charge in [0.05, 0.1) is 0 Å². The summed E-state index contributed by atoms with van der Waals surface area (Å²) >= 11 is 0. The lowest BCUT2D eigenvalue weighted by Crippen LogP contribution is -2.24. The molecule has 0 aliphatic heterocycles. The molecule has 0 atom stereocenters. The predicted molar refractivity (Wildman–Crippen MR) is 113 cm³/mol. The number of aryl methyl sites for hydroxylation is 2. The third-order valence-electron chi connectivity index (χ3n) is 4.67. The smallest absolute Gasteiger partial charge is 0.241 e. The zero-order chi connectivity index (χ0) is 20.0. The standard InChI is InChI=1S/C24H34O4/c1-2-3-4-9-24(27-22-14-10-20(11-15-22)7-5-18-25)28-23-16-12-21(13-17-23)8-6-19-26/h10-17,24-26H,2-9,18-19H2,1H3. The largest absolute Gasteiger partial charge is 0.455 e. The van der Waals surface area contributed by atoms with Gasteiger partial charge in [0, 0.05) is 19.6 Å². The fourth-order valence-electron chi connectivity index (χ4n) is 3.04. The Labute approximate surface area is 169 Å². The summed E-state index contributed by atoms with van der Waals surface area (Å²) in [6, 6.07) is 16.1. The Kier molecular flexibility index (Phi) is 10.5. The Morgan fingerprint density at radius 1 is 0.679 bits per heavy atom. The summed E-state index contributed by atoms with van der Waals surface area (Å²) in [5, 5.41) is 17.9. The van der Waals surface area contributed by atoms with Gasteiger partial charge in [0.2, 0.25) is 6.29 Å². The van der Waals surface area contributed by atoms with Gasteiger partial charge in [0.25, 0.3) is 0 Å². The SMILES string of the molecule is CCCCCC(Oc1ccc(CCCO)cc1)Oc1ccc(CCCO)cc1. The molecule has 0 heterocycles. The van der Waals surface area contributed by atoms with E-state index in [9.17, 15) is 0 Å². The van der Waals surface area contributed by atoms with Crippen molar-refractivity contribution < 1.29 is 19.7 Å². The molecule has 0 aliphatic rings. The lowest BCUT2D eigenvalue weighted by molar-refractivity contribution is -0.00239. The molecule has 2 aromatic rings. The van der Waals surface area contributed by atoms with Gasteiger partial charge in [-0.3, -0.25) is 0 Å². The van der Waals surface area contributed by atoms with Crippen molar-refractivity contribution in [3.63, 3.8) is 0 Å². The second-order valence-electron chi connectivity index (χ2n) is 7.10. The number of unbranched alkanes of at least 4 members (excludes halogenated alkanes) is 2. The molecular weight excluding hydrogens is 352 g/mol. The van der Waals surface area contributed by atoms with E-state index in [1.807, 2.05) is 48.5 Å². The molecule has 28 heavy (non-hydrogen) atoms. The van der Waals surface area contributed by atoms with Gasteiger partial charge in [-0.1, -0.05) is 44.0 Å². The van der Waals surface area contributed by atoms with E-state index in [4.69, 9.17) is 19.7 Å². The molecule has 0 radical (unpaired) electrons. The van der Waals surface area contributed by atoms with Crippen LogP contribution in [0, 0.1) is 0 Å². The minimum Gasteiger partial charge on any atom is -0.455 e. The van der Waals surface area contributed by atoms with Gasteiger partial charge < -0.3 is 19.7 Å². The van der Waals surface area contributed by atoms with Crippen LogP contribution in [0.1, 0.15) is 56.6 Å². The molecule has 0 saturated heterocycles. The number of ether oxygens (including phenoxy) is 2. The predicted octanol–water partition coefficient (Wildman–Crippen LogP) is 4.90. The number of aliphatic hydroxyl groups is 2. The van der Waals surface area contributed by atoms with Crippen LogP contribution in [0.25, 0.3) is 0 Å². The molecule has 2 rings (SSSR count). The van der Waals surface area contributed by atoms with Gasteiger partial charge in [0.15, 0.2) is 0 Å². The van der Waals surface area contributed by atoms with E-state index in [1.54, 1.807) is 0 Å². The first-order valence-corrected chi connectivity index (χ1v) is 10.5. The Morgan fingerprint density at radius 2 is 1.14 bits per heavy atom. The molecule has 4 nitrogen and oxygen atoms in total. The van der Waals surface area contributed by atoms with Gasteiger partial charge >= 0.3 is 0 Å². The fraction of sp³-hybridized carbons (Fsp3) is 0.500. The van der Waals surface area contributed by atoms with Crippen LogP contribution in [0.4, 0.5) is 0 Å². The van der Waals surface area contributed by atoms with Crippen LogP contribution in [0.2, 0.25) is 0 Å². The van der Waals surface area contributed by atoms with Crippen LogP contribution in [-0.2, 0) is 12.8 Å². The average molecular weight is 387 g/mol. The third-order valence-corrected chi connectivity index (χ3v) is 4.67. The Hall–Kier alpha value is -2.04. The van der Waals surface area contributed by atoms with Crippen LogP contribution in [0.3, 0.4) is 0 Å². The average Bonchev–Trinajstić information content (AvgIpc) is 2.73. The van der Waals surface area contributed by atoms with Gasteiger partial charge in [0.1, 0.15) is 11.5 Å². The third kappa shape index (κ3) is 8.32. The number of hydrogen-bond acceptors (Lipinski definition) is 4. The van der Waals surface area contributed by atoms with Crippen LogP contribution < -0.4 is 9.47 Å². The van der Waals surface area contributed by atoms with Gasteiger partial charge in [-0.25, -0.2) is 0 Å². The Morgan fingerprint density at radius 3 is 1.54 bits per heavy atom. The lowest BCUT2D eigenvalue weighted by atomic mass is 10.1. The highest BCUT2D eigenvalue weighted by molar-refractivity contribution is 5.29. The maximum Gasteiger partial charge on any atom is 0.241 e. The van der Waals surface area contributed by atoms with Gasteiger partial charge in [-0.2, -0.15) is 0 Å². The number of aliphatic hydroxyl groups excluding tert-OH is 2. The highest BCUT2D eigenvalue weighted by Gasteiger charge is 2.13. The molecule has 2 N–H and O–H groups in total. The van der Waals surface area contributed by atoms with E-state index in [2.05, 4.69) is 6.92 Å². The molecule has 0 amide bonds. The molecule has 0 aliphatic carbocycles. The van der Waals surface area contributed by atoms with Crippen LogP contribution >= 0.6 is 0 Å². The minimum absolute atomic E-state index is 0.213. The van der Waals surface area contributed by atoms with Crippen molar-refractivity contribution in [2.75, 3.05) is 13.2 Å². The summed E-state index contributed by atoms with van der Waals surface area (Å²) in [5.41, 5.74) is 2.40. The molecule has 0 spiro atoms.